The van der Waals surface area contributed by atoms with Gasteiger partial charge >= 0.3 is 0 Å². The summed E-state index contributed by atoms with van der Waals surface area (Å²) in [6.45, 7) is 2.12. The largest absolute Gasteiger partial charge is 0.321 e. The quantitative estimate of drug-likeness (QED) is 0.900. The first-order valence-electron chi connectivity index (χ1n) is 7.14. The fourth-order valence-corrected chi connectivity index (χ4v) is 2.83. The van der Waals surface area contributed by atoms with Crippen molar-refractivity contribution < 1.29 is 4.79 Å². The number of hydrogen-bond acceptors (Lipinski definition) is 3. The lowest BCUT2D eigenvalue weighted by atomic mass is 10.1. The number of nitrogens with zero attached hydrogens (tertiary/aromatic N) is 2. The van der Waals surface area contributed by atoms with Gasteiger partial charge in [-0.05, 0) is 37.6 Å². The topological polar surface area (TPSA) is 35.6 Å². The molecule has 2 aliphatic rings. The Morgan fingerprint density at radius 3 is 2.70 bits per heavy atom. The van der Waals surface area contributed by atoms with Gasteiger partial charge in [0, 0.05) is 24.2 Å². The molecule has 1 saturated carbocycles. The second kappa shape index (κ2) is 5.72. The molecule has 1 aromatic carbocycles. The van der Waals surface area contributed by atoms with Crippen LogP contribution in [-0.2, 0) is 4.79 Å². The van der Waals surface area contributed by atoms with E-state index in [1.807, 2.05) is 29.2 Å². The lowest BCUT2D eigenvalue weighted by Gasteiger charge is -2.27. The van der Waals surface area contributed by atoms with E-state index in [1.54, 1.807) is 0 Å². The molecule has 4 nitrogen and oxygen atoms in total. The van der Waals surface area contributed by atoms with Gasteiger partial charge in [-0.1, -0.05) is 23.7 Å². The highest BCUT2D eigenvalue weighted by Gasteiger charge is 2.32. The molecular weight excluding hydrogens is 274 g/mol. The highest BCUT2D eigenvalue weighted by molar-refractivity contribution is 6.30. The average molecular weight is 294 g/mol. The van der Waals surface area contributed by atoms with E-state index >= 15 is 0 Å². The zero-order valence-electron chi connectivity index (χ0n) is 11.7. The zero-order chi connectivity index (χ0) is 14.1. The first-order chi connectivity index (χ1) is 9.65. The van der Waals surface area contributed by atoms with Crippen molar-refractivity contribution in [3.8, 4) is 0 Å². The van der Waals surface area contributed by atoms with Crippen LogP contribution in [0.1, 0.15) is 24.6 Å². The predicted molar refractivity (Wildman–Crippen MR) is 79.6 cm³/mol. The Balaban J connectivity index is 1.66. The number of likely N-dealkylation sites (N-methyl/N-ethyl adjacent to an activating group) is 1. The summed E-state index contributed by atoms with van der Waals surface area (Å²) < 4.78 is 0. The van der Waals surface area contributed by atoms with Gasteiger partial charge in [-0.3, -0.25) is 10.1 Å². The summed E-state index contributed by atoms with van der Waals surface area (Å²) in [6.07, 6.45) is 2.57. The lowest BCUT2D eigenvalue weighted by Crippen LogP contribution is -2.37. The molecule has 0 bridgehead atoms. The number of carbonyl (C=O) groups excluding carboxylic acids is 1. The molecule has 1 N–H and O–H groups in total. The normalized spacial score (nSPS) is 22.9. The van der Waals surface area contributed by atoms with Crippen LogP contribution in [-0.4, -0.2) is 48.4 Å². The Kier molecular flexibility index (Phi) is 3.96. The van der Waals surface area contributed by atoms with E-state index in [2.05, 4.69) is 17.3 Å². The van der Waals surface area contributed by atoms with Gasteiger partial charge in [0.25, 0.3) is 0 Å². The van der Waals surface area contributed by atoms with Crippen molar-refractivity contribution >= 4 is 17.5 Å². The summed E-state index contributed by atoms with van der Waals surface area (Å²) in [4.78, 5) is 16.3. The molecular formula is C15H20ClN3O. The van der Waals surface area contributed by atoms with E-state index in [-0.39, 0.29) is 12.1 Å². The third-order valence-electron chi connectivity index (χ3n) is 4.13. The van der Waals surface area contributed by atoms with Crippen LogP contribution in [0, 0.1) is 0 Å². The molecule has 5 heteroatoms. The SMILES string of the molecule is CN(CCN1C(=O)CNC1c1ccc(Cl)cc1)C1CC1. The Morgan fingerprint density at radius 2 is 2.05 bits per heavy atom. The molecule has 20 heavy (non-hydrogen) atoms. The number of amides is 1. The van der Waals surface area contributed by atoms with Crippen LogP contribution in [0.2, 0.25) is 5.02 Å². The second-order valence-corrected chi connectivity index (χ2v) is 6.07. The number of carbonyl (C=O) groups is 1. The van der Waals surface area contributed by atoms with Crippen LogP contribution in [0.5, 0.6) is 0 Å². The number of rotatable bonds is 5. The molecule has 0 aromatic heterocycles. The van der Waals surface area contributed by atoms with E-state index in [1.165, 1.54) is 12.8 Å². The van der Waals surface area contributed by atoms with Gasteiger partial charge < -0.3 is 9.80 Å². The van der Waals surface area contributed by atoms with Gasteiger partial charge in [0.05, 0.1) is 6.54 Å². The molecule has 1 heterocycles. The van der Waals surface area contributed by atoms with E-state index in [0.717, 1.165) is 29.7 Å². The molecule has 1 atom stereocenters. The Bertz CT molecular complexity index is 486. The monoisotopic (exact) mass is 293 g/mol. The van der Waals surface area contributed by atoms with E-state index in [0.29, 0.717) is 6.54 Å². The third kappa shape index (κ3) is 2.97. The Labute approximate surface area is 124 Å². The Hall–Kier alpha value is -1.10. The van der Waals surface area contributed by atoms with Crippen molar-refractivity contribution in [2.24, 2.45) is 0 Å². The summed E-state index contributed by atoms with van der Waals surface area (Å²) >= 11 is 5.92. The van der Waals surface area contributed by atoms with E-state index in [9.17, 15) is 4.79 Å². The van der Waals surface area contributed by atoms with Crippen molar-refractivity contribution in [2.75, 3.05) is 26.7 Å². The van der Waals surface area contributed by atoms with Crippen molar-refractivity contribution in [3.05, 3.63) is 34.9 Å². The average Bonchev–Trinajstić information content (AvgIpc) is 3.22. The standard InChI is InChI=1S/C15H20ClN3O/c1-18(13-6-7-13)8-9-19-14(20)10-17-15(19)11-2-4-12(16)5-3-11/h2-5,13,15,17H,6-10H2,1H3. The highest BCUT2D eigenvalue weighted by atomic mass is 35.5. The molecule has 1 unspecified atom stereocenters. The van der Waals surface area contributed by atoms with Gasteiger partial charge in [-0.2, -0.15) is 0 Å². The summed E-state index contributed by atoms with van der Waals surface area (Å²) in [5.74, 6) is 0.175. The minimum absolute atomic E-state index is 0.0210. The molecule has 108 valence electrons. The van der Waals surface area contributed by atoms with Crippen molar-refractivity contribution in [1.29, 1.82) is 0 Å². The first-order valence-corrected chi connectivity index (χ1v) is 7.51. The third-order valence-corrected chi connectivity index (χ3v) is 4.38. The fourth-order valence-electron chi connectivity index (χ4n) is 2.70. The molecule has 1 aromatic rings. The molecule has 3 rings (SSSR count). The highest BCUT2D eigenvalue weighted by Crippen LogP contribution is 2.27. The van der Waals surface area contributed by atoms with Crippen molar-refractivity contribution in [3.63, 3.8) is 0 Å². The lowest BCUT2D eigenvalue weighted by molar-refractivity contribution is -0.128. The Morgan fingerprint density at radius 1 is 1.35 bits per heavy atom. The van der Waals surface area contributed by atoms with Gasteiger partial charge in [0.2, 0.25) is 5.91 Å². The second-order valence-electron chi connectivity index (χ2n) is 5.63. The number of benzene rings is 1. The fraction of sp³-hybridized carbons (Fsp3) is 0.533. The number of hydrogen-bond donors (Lipinski definition) is 1. The van der Waals surface area contributed by atoms with Crippen LogP contribution < -0.4 is 5.32 Å². The molecule has 1 aliphatic heterocycles. The zero-order valence-corrected chi connectivity index (χ0v) is 12.4. The minimum Gasteiger partial charge on any atom is -0.321 e. The van der Waals surface area contributed by atoms with Crippen LogP contribution in [0.4, 0.5) is 0 Å². The minimum atomic E-state index is -0.0210. The van der Waals surface area contributed by atoms with Gasteiger partial charge in [0.15, 0.2) is 0 Å². The molecule has 0 radical (unpaired) electrons. The van der Waals surface area contributed by atoms with Crippen LogP contribution in [0.25, 0.3) is 0 Å². The number of halogens is 1. The summed E-state index contributed by atoms with van der Waals surface area (Å²) in [5, 5.41) is 4.00. The van der Waals surface area contributed by atoms with Gasteiger partial charge in [-0.25, -0.2) is 0 Å². The maximum atomic E-state index is 12.0. The van der Waals surface area contributed by atoms with Crippen LogP contribution in [0.3, 0.4) is 0 Å². The summed E-state index contributed by atoms with van der Waals surface area (Å²) in [6, 6.07) is 8.44. The smallest absolute Gasteiger partial charge is 0.238 e. The molecule has 1 amide bonds. The molecule has 1 saturated heterocycles. The van der Waals surface area contributed by atoms with Gasteiger partial charge in [-0.15, -0.1) is 0 Å². The van der Waals surface area contributed by atoms with Crippen molar-refractivity contribution in [2.45, 2.75) is 25.0 Å². The summed E-state index contributed by atoms with van der Waals surface area (Å²) in [7, 11) is 2.14. The first kappa shape index (κ1) is 13.9. The van der Waals surface area contributed by atoms with Crippen LogP contribution >= 0.6 is 11.6 Å². The molecule has 1 aliphatic carbocycles. The van der Waals surface area contributed by atoms with Gasteiger partial charge in [0.1, 0.15) is 6.17 Å². The molecule has 2 fully saturated rings. The maximum absolute atomic E-state index is 12.0. The van der Waals surface area contributed by atoms with Crippen molar-refractivity contribution in [1.82, 2.24) is 15.1 Å². The molecule has 0 spiro atoms. The summed E-state index contributed by atoms with van der Waals surface area (Å²) in [5.41, 5.74) is 1.09. The van der Waals surface area contributed by atoms with E-state index in [4.69, 9.17) is 11.6 Å². The number of nitrogens with one attached hydrogen (secondary N) is 1. The van der Waals surface area contributed by atoms with Crippen LogP contribution in [0.15, 0.2) is 24.3 Å². The van der Waals surface area contributed by atoms with E-state index < -0.39 is 0 Å². The predicted octanol–water partition coefficient (Wildman–Crippen LogP) is 1.86. The maximum Gasteiger partial charge on any atom is 0.238 e.